The molecule has 1 rings (SSSR count). The molecule has 16 heavy (non-hydrogen) atoms. The van der Waals surface area contributed by atoms with Gasteiger partial charge in [0, 0.05) is 6.42 Å². The summed E-state index contributed by atoms with van der Waals surface area (Å²) in [4.78, 5) is 10.5. The van der Waals surface area contributed by atoms with Crippen molar-refractivity contribution in [2.24, 2.45) is 11.7 Å². The Kier molecular flexibility index (Phi) is 5.18. The summed E-state index contributed by atoms with van der Waals surface area (Å²) in [5, 5.41) is 28.0. The maximum atomic E-state index is 10.5. The van der Waals surface area contributed by atoms with Gasteiger partial charge in [0.1, 0.15) is 6.04 Å². The van der Waals surface area contributed by atoms with E-state index in [1.165, 1.54) is 6.42 Å². The van der Waals surface area contributed by atoms with E-state index in [4.69, 9.17) is 10.8 Å². The summed E-state index contributed by atoms with van der Waals surface area (Å²) in [7, 11) is 0. The fourth-order valence-electron chi connectivity index (χ4n) is 2.27. The maximum absolute atomic E-state index is 10.5. The number of hydrogen-bond acceptors (Lipinski definition) is 4. The molecule has 1 aliphatic rings. The first-order valence-corrected chi connectivity index (χ1v) is 5.87. The molecule has 0 bridgehead atoms. The molecule has 1 aliphatic carbocycles. The van der Waals surface area contributed by atoms with E-state index in [1.807, 2.05) is 0 Å². The molecular formula is C11H21NO4. The van der Waals surface area contributed by atoms with Crippen LogP contribution in [0.2, 0.25) is 0 Å². The van der Waals surface area contributed by atoms with Gasteiger partial charge in [-0.3, -0.25) is 4.79 Å². The molecule has 94 valence electrons. The highest BCUT2D eigenvalue weighted by atomic mass is 16.4. The van der Waals surface area contributed by atoms with Gasteiger partial charge in [-0.1, -0.05) is 19.3 Å². The van der Waals surface area contributed by atoms with Crippen LogP contribution in [-0.4, -0.2) is 39.5 Å². The molecule has 0 heterocycles. The predicted octanol–water partition coefficient (Wildman–Crippen LogP) is 0.0905. The first-order chi connectivity index (χ1) is 7.52. The van der Waals surface area contributed by atoms with E-state index in [0.717, 1.165) is 25.7 Å². The molecule has 3 atom stereocenters. The third-order valence-corrected chi connectivity index (χ3v) is 3.38. The van der Waals surface area contributed by atoms with Gasteiger partial charge in [-0.2, -0.15) is 0 Å². The molecule has 5 nitrogen and oxygen atoms in total. The van der Waals surface area contributed by atoms with Gasteiger partial charge < -0.3 is 21.1 Å². The largest absolute Gasteiger partial charge is 0.480 e. The smallest absolute Gasteiger partial charge is 0.323 e. The van der Waals surface area contributed by atoms with Crippen LogP contribution in [0.1, 0.15) is 38.5 Å². The van der Waals surface area contributed by atoms with Crippen LogP contribution in [0, 0.1) is 5.92 Å². The van der Waals surface area contributed by atoms with Crippen LogP contribution in [0.3, 0.4) is 0 Å². The highest BCUT2D eigenvalue weighted by Crippen LogP contribution is 2.28. The Balaban J connectivity index is 2.37. The average Bonchev–Trinajstić information content (AvgIpc) is 2.28. The lowest BCUT2D eigenvalue weighted by Gasteiger charge is -2.28. The molecule has 5 N–H and O–H groups in total. The van der Waals surface area contributed by atoms with E-state index in [2.05, 4.69) is 0 Å². The monoisotopic (exact) mass is 231 g/mol. The number of aliphatic carboxylic acids is 1. The normalized spacial score (nSPS) is 23.7. The zero-order valence-corrected chi connectivity index (χ0v) is 9.38. The second kappa shape index (κ2) is 6.18. The van der Waals surface area contributed by atoms with Crippen molar-refractivity contribution in [3.8, 4) is 0 Å². The van der Waals surface area contributed by atoms with E-state index in [0.29, 0.717) is 0 Å². The van der Waals surface area contributed by atoms with Gasteiger partial charge in [0.15, 0.2) is 0 Å². The molecule has 0 aromatic rings. The van der Waals surface area contributed by atoms with Gasteiger partial charge in [0.05, 0.1) is 12.2 Å². The second-order valence-corrected chi connectivity index (χ2v) is 4.63. The van der Waals surface area contributed by atoms with E-state index >= 15 is 0 Å². The zero-order valence-electron chi connectivity index (χ0n) is 9.38. The molecule has 5 heteroatoms. The quantitative estimate of drug-likeness (QED) is 0.537. The molecule has 0 spiro atoms. The third-order valence-electron chi connectivity index (χ3n) is 3.38. The molecule has 1 unspecified atom stereocenters. The van der Waals surface area contributed by atoms with Crippen LogP contribution in [0.15, 0.2) is 0 Å². The van der Waals surface area contributed by atoms with Gasteiger partial charge in [-0.15, -0.1) is 0 Å². The van der Waals surface area contributed by atoms with Crippen LogP contribution in [0.4, 0.5) is 0 Å². The number of aliphatic hydroxyl groups is 2. The lowest BCUT2D eigenvalue weighted by atomic mass is 9.83. The van der Waals surface area contributed by atoms with Gasteiger partial charge in [-0.25, -0.2) is 0 Å². The van der Waals surface area contributed by atoms with Crippen molar-refractivity contribution in [2.45, 2.75) is 56.8 Å². The Hall–Kier alpha value is -0.650. The molecule has 0 aromatic heterocycles. The number of hydrogen-bond donors (Lipinski definition) is 4. The molecule has 0 aliphatic heterocycles. The summed E-state index contributed by atoms with van der Waals surface area (Å²) in [6, 6.07) is -1.31. The molecule has 1 fully saturated rings. The molecule has 1 saturated carbocycles. The lowest BCUT2D eigenvalue weighted by Crippen LogP contribution is -2.44. The van der Waals surface area contributed by atoms with E-state index in [1.54, 1.807) is 0 Å². The van der Waals surface area contributed by atoms with E-state index in [9.17, 15) is 15.0 Å². The lowest BCUT2D eigenvalue weighted by molar-refractivity contribution is -0.141. The van der Waals surface area contributed by atoms with Crippen molar-refractivity contribution in [1.82, 2.24) is 0 Å². The van der Waals surface area contributed by atoms with Crippen LogP contribution >= 0.6 is 0 Å². The standard InChI is InChI=1S/C11H21NO4/c12-10(11(15)16)9(14)6-8(13)7-4-2-1-3-5-7/h7-10,13-14H,1-6,12H2,(H,15,16)/t8-,9-,10?/m0/s1. The molecular weight excluding hydrogens is 210 g/mol. The summed E-state index contributed by atoms with van der Waals surface area (Å²) in [5.41, 5.74) is 5.28. The van der Waals surface area contributed by atoms with Crippen molar-refractivity contribution in [3.05, 3.63) is 0 Å². The highest BCUT2D eigenvalue weighted by molar-refractivity contribution is 5.73. The summed E-state index contributed by atoms with van der Waals surface area (Å²) in [5.74, 6) is -1.05. The molecule has 0 saturated heterocycles. The van der Waals surface area contributed by atoms with Crippen molar-refractivity contribution >= 4 is 5.97 Å². The number of rotatable bonds is 5. The Morgan fingerprint density at radius 3 is 2.31 bits per heavy atom. The Bertz CT molecular complexity index is 228. The minimum atomic E-state index is -1.31. The fraction of sp³-hybridized carbons (Fsp3) is 0.909. The molecule has 0 aromatic carbocycles. The van der Waals surface area contributed by atoms with Crippen molar-refractivity contribution in [1.29, 1.82) is 0 Å². The zero-order chi connectivity index (χ0) is 12.1. The average molecular weight is 231 g/mol. The summed E-state index contributed by atoms with van der Waals surface area (Å²) in [6.07, 6.45) is 3.55. The summed E-state index contributed by atoms with van der Waals surface area (Å²) >= 11 is 0. The minimum Gasteiger partial charge on any atom is -0.480 e. The van der Waals surface area contributed by atoms with Crippen LogP contribution in [0.5, 0.6) is 0 Å². The predicted molar refractivity (Wildman–Crippen MR) is 58.8 cm³/mol. The number of carboxylic acids is 1. The highest BCUT2D eigenvalue weighted by Gasteiger charge is 2.28. The summed E-state index contributed by atoms with van der Waals surface area (Å²) in [6.45, 7) is 0. The first kappa shape index (κ1) is 13.4. The van der Waals surface area contributed by atoms with Crippen LogP contribution in [-0.2, 0) is 4.79 Å². The van der Waals surface area contributed by atoms with Crippen molar-refractivity contribution in [3.63, 3.8) is 0 Å². The number of carbonyl (C=O) groups is 1. The summed E-state index contributed by atoms with van der Waals surface area (Å²) < 4.78 is 0. The van der Waals surface area contributed by atoms with E-state index in [-0.39, 0.29) is 12.3 Å². The maximum Gasteiger partial charge on any atom is 0.323 e. The van der Waals surface area contributed by atoms with Crippen LogP contribution < -0.4 is 5.73 Å². The van der Waals surface area contributed by atoms with Gasteiger partial charge in [0.25, 0.3) is 0 Å². The van der Waals surface area contributed by atoms with Crippen molar-refractivity contribution in [2.75, 3.05) is 0 Å². The third kappa shape index (κ3) is 3.73. The molecule has 0 radical (unpaired) electrons. The van der Waals surface area contributed by atoms with E-state index < -0.39 is 24.2 Å². The first-order valence-electron chi connectivity index (χ1n) is 5.87. The number of carboxylic acid groups (broad SMARTS) is 1. The van der Waals surface area contributed by atoms with Crippen LogP contribution in [0.25, 0.3) is 0 Å². The Morgan fingerprint density at radius 1 is 1.25 bits per heavy atom. The van der Waals surface area contributed by atoms with Gasteiger partial charge >= 0.3 is 5.97 Å². The van der Waals surface area contributed by atoms with Crippen molar-refractivity contribution < 1.29 is 20.1 Å². The van der Waals surface area contributed by atoms with Gasteiger partial charge in [-0.05, 0) is 18.8 Å². The topological polar surface area (TPSA) is 104 Å². The number of nitrogens with two attached hydrogens (primary N) is 1. The van der Waals surface area contributed by atoms with Gasteiger partial charge in [0.2, 0.25) is 0 Å². The Labute approximate surface area is 95.3 Å². The fourth-order valence-corrected chi connectivity index (χ4v) is 2.27. The Morgan fingerprint density at radius 2 is 1.81 bits per heavy atom. The SMILES string of the molecule is NC(C(=O)O)[C@@H](O)C[C@H](O)C1CCCCC1. The second-order valence-electron chi connectivity index (χ2n) is 4.63. The number of aliphatic hydroxyl groups excluding tert-OH is 2. The minimum absolute atomic E-state index is 0.0537. The molecule has 0 amide bonds.